The predicted molar refractivity (Wildman–Crippen MR) is 51.3 cm³/mol. The van der Waals surface area contributed by atoms with Crippen LogP contribution in [0.25, 0.3) is 0 Å². The third-order valence-corrected chi connectivity index (χ3v) is 1.91. The molecule has 4 heteroatoms. The van der Waals surface area contributed by atoms with E-state index in [0.717, 1.165) is 5.56 Å². The van der Waals surface area contributed by atoms with Crippen LogP contribution in [0, 0.1) is 6.92 Å². The minimum absolute atomic E-state index is 0.378. The highest BCUT2D eigenvalue weighted by Gasteiger charge is 2.08. The summed E-state index contributed by atoms with van der Waals surface area (Å²) in [6.45, 7) is 1.80. The third kappa shape index (κ3) is 1.72. The number of carbonyl (C=O) groups is 1. The number of hydrogen-bond donors (Lipinski definition) is 2. The molecule has 0 amide bonds. The number of methoxy groups -OCH3 is 1. The lowest BCUT2D eigenvalue weighted by Gasteiger charge is -2.06. The smallest absolute Gasteiger partial charge is 0.337 e. The summed E-state index contributed by atoms with van der Waals surface area (Å²) in [6.07, 6.45) is 0. The molecule has 0 bridgehead atoms. The fraction of sp³-hybridized carbons (Fsp3) is 0.222. The Hall–Kier alpha value is -1.71. The lowest BCUT2D eigenvalue weighted by Crippen LogP contribution is -2.05. The summed E-state index contributed by atoms with van der Waals surface area (Å²) < 4.78 is 4.54. The number of esters is 1. The Balaban J connectivity index is 3.20. The number of nitrogens with two attached hydrogens (primary N) is 2. The summed E-state index contributed by atoms with van der Waals surface area (Å²) in [7, 11) is 1.31. The zero-order valence-electron chi connectivity index (χ0n) is 7.63. The van der Waals surface area contributed by atoms with Gasteiger partial charge in [-0.3, -0.25) is 0 Å². The molecule has 1 rings (SSSR count). The molecule has 0 aliphatic rings. The van der Waals surface area contributed by atoms with E-state index in [0.29, 0.717) is 16.9 Å². The summed E-state index contributed by atoms with van der Waals surface area (Å²) in [5, 5.41) is 0. The molecule has 0 aliphatic carbocycles. The van der Waals surface area contributed by atoms with Crippen molar-refractivity contribution in [2.45, 2.75) is 6.92 Å². The van der Waals surface area contributed by atoms with Crippen LogP contribution in [-0.2, 0) is 4.74 Å². The number of rotatable bonds is 1. The summed E-state index contributed by atoms with van der Waals surface area (Å²) in [4.78, 5) is 11.1. The van der Waals surface area contributed by atoms with E-state index in [1.54, 1.807) is 19.1 Å². The van der Waals surface area contributed by atoms with Gasteiger partial charge in [0.15, 0.2) is 0 Å². The molecule has 1 aromatic rings. The minimum Gasteiger partial charge on any atom is -0.465 e. The van der Waals surface area contributed by atoms with E-state index in [2.05, 4.69) is 4.74 Å². The van der Waals surface area contributed by atoms with Crippen LogP contribution in [0.1, 0.15) is 15.9 Å². The van der Waals surface area contributed by atoms with Gasteiger partial charge in [-0.05, 0) is 24.6 Å². The van der Waals surface area contributed by atoms with Crippen LogP contribution in [0.15, 0.2) is 12.1 Å². The fourth-order valence-electron chi connectivity index (χ4n) is 0.996. The zero-order valence-corrected chi connectivity index (χ0v) is 7.63. The normalized spacial score (nSPS) is 9.69. The molecule has 1 aromatic carbocycles. The van der Waals surface area contributed by atoms with Crippen LogP contribution in [0.4, 0.5) is 11.4 Å². The number of carbonyl (C=O) groups excluding carboxylic acids is 1. The first-order valence-electron chi connectivity index (χ1n) is 3.80. The largest absolute Gasteiger partial charge is 0.465 e. The Kier molecular flexibility index (Phi) is 2.41. The molecule has 0 heterocycles. The highest BCUT2D eigenvalue weighted by Crippen LogP contribution is 2.20. The van der Waals surface area contributed by atoms with E-state index < -0.39 is 5.97 Å². The molecule has 0 spiro atoms. The summed E-state index contributed by atoms with van der Waals surface area (Å²) >= 11 is 0. The molecular weight excluding hydrogens is 168 g/mol. The molecule has 0 saturated heterocycles. The average molecular weight is 180 g/mol. The van der Waals surface area contributed by atoms with Gasteiger partial charge in [0, 0.05) is 11.4 Å². The first-order chi connectivity index (χ1) is 6.06. The number of nitrogen functional groups attached to an aromatic ring is 2. The van der Waals surface area contributed by atoms with Gasteiger partial charge in [-0.25, -0.2) is 4.79 Å². The number of anilines is 2. The van der Waals surface area contributed by atoms with E-state index in [-0.39, 0.29) is 0 Å². The maximum atomic E-state index is 11.1. The van der Waals surface area contributed by atoms with Crippen molar-refractivity contribution in [1.29, 1.82) is 0 Å². The van der Waals surface area contributed by atoms with Gasteiger partial charge in [-0.15, -0.1) is 0 Å². The van der Waals surface area contributed by atoms with Gasteiger partial charge < -0.3 is 16.2 Å². The number of benzene rings is 1. The topological polar surface area (TPSA) is 78.3 Å². The summed E-state index contributed by atoms with van der Waals surface area (Å²) in [6, 6.07) is 3.11. The first kappa shape index (κ1) is 9.38. The molecule has 0 aromatic heterocycles. The second-order valence-corrected chi connectivity index (χ2v) is 2.77. The second-order valence-electron chi connectivity index (χ2n) is 2.77. The van der Waals surface area contributed by atoms with Gasteiger partial charge in [0.2, 0.25) is 0 Å². The molecule has 0 unspecified atom stereocenters. The van der Waals surface area contributed by atoms with Gasteiger partial charge in [0.25, 0.3) is 0 Å². The zero-order chi connectivity index (χ0) is 10.0. The van der Waals surface area contributed by atoms with Crippen molar-refractivity contribution in [1.82, 2.24) is 0 Å². The highest BCUT2D eigenvalue weighted by molar-refractivity contribution is 5.92. The molecule has 0 atom stereocenters. The van der Waals surface area contributed by atoms with Crippen LogP contribution in [0.5, 0.6) is 0 Å². The quantitative estimate of drug-likeness (QED) is 0.498. The Morgan fingerprint density at radius 1 is 1.31 bits per heavy atom. The van der Waals surface area contributed by atoms with Crippen molar-refractivity contribution in [2.75, 3.05) is 18.6 Å². The van der Waals surface area contributed by atoms with Crippen LogP contribution in [-0.4, -0.2) is 13.1 Å². The fourth-order valence-corrected chi connectivity index (χ4v) is 0.996. The molecule has 0 saturated carbocycles. The SMILES string of the molecule is COC(=O)c1cc(N)c(C)c(N)c1. The lowest BCUT2D eigenvalue weighted by molar-refractivity contribution is 0.0601. The van der Waals surface area contributed by atoms with E-state index in [9.17, 15) is 4.79 Å². The van der Waals surface area contributed by atoms with E-state index in [1.807, 2.05) is 0 Å². The minimum atomic E-state index is -0.432. The van der Waals surface area contributed by atoms with Gasteiger partial charge >= 0.3 is 5.97 Å². The van der Waals surface area contributed by atoms with Gasteiger partial charge in [-0.1, -0.05) is 0 Å². The van der Waals surface area contributed by atoms with Crippen molar-refractivity contribution in [3.05, 3.63) is 23.3 Å². The van der Waals surface area contributed by atoms with Gasteiger partial charge in [-0.2, -0.15) is 0 Å². The van der Waals surface area contributed by atoms with Crippen molar-refractivity contribution in [2.24, 2.45) is 0 Å². The van der Waals surface area contributed by atoms with Gasteiger partial charge in [0.05, 0.1) is 12.7 Å². The molecular formula is C9H12N2O2. The molecule has 4 N–H and O–H groups in total. The van der Waals surface area contributed by atoms with E-state index in [1.165, 1.54) is 7.11 Å². The Labute approximate surface area is 76.5 Å². The van der Waals surface area contributed by atoms with Gasteiger partial charge in [0.1, 0.15) is 0 Å². The lowest BCUT2D eigenvalue weighted by atomic mass is 10.1. The Morgan fingerprint density at radius 3 is 2.15 bits per heavy atom. The molecule has 0 aliphatic heterocycles. The van der Waals surface area contributed by atoms with Crippen LogP contribution < -0.4 is 11.5 Å². The van der Waals surface area contributed by atoms with Crippen molar-refractivity contribution in [3.63, 3.8) is 0 Å². The van der Waals surface area contributed by atoms with Crippen LogP contribution in [0.2, 0.25) is 0 Å². The second kappa shape index (κ2) is 3.35. The van der Waals surface area contributed by atoms with E-state index in [4.69, 9.17) is 11.5 Å². The van der Waals surface area contributed by atoms with E-state index >= 15 is 0 Å². The average Bonchev–Trinajstić information content (AvgIpc) is 2.12. The Morgan fingerprint density at radius 2 is 1.77 bits per heavy atom. The molecule has 0 radical (unpaired) electrons. The number of hydrogen-bond acceptors (Lipinski definition) is 4. The standard InChI is InChI=1S/C9H12N2O2/c1-5-7(10)3-6(4-8(5)11)9(12)13-2/h3-4H,10-11H2,1-2H3. The first-order valence-corrected chi connectivity index (χ1v) is 3.80. The monoisotopic (exact) mass is 180 g/mol. The predicted octanol–water partition coefficient (Wildman–Crippen LogP) is 0.946. The maximum Gasteiger partial charge on any atom is 0.337 e. The van der Waals surface area contributed by atoms with Crippen LogP contribution in [0.3, 0.4) is 0 Å². The highest BCUT2D eigenvalue weighted by atomic mass is 16.5. The number of ether oxygens (including phenoxy) is 1. The van der Waals surface area contributed by atoms with Crippen molar-refractivity contribution < 1.29 is 9.53 Å². The van der Waals surface area contributed by atoms with Crippen molar-refractivity contribution >= 4 is 17.3 Å². The maximum absolute atomic E-state index is 11.1. The van der Waals surface area contributed by atoms with Crippen molar-refractivity contribution in [3.8, 4) is 0 Å². The summed E-state index contributed by atoms with van der Waals surface area (Å²) in [5.41, 5.74) is 13.4. The third-order valence-electron chi connectivity index (χ3n) is 1.91. The van der Waals surface area contributed by atoms with Crippen LogP contribution >= 0.6 is 0 Å². The molecule has 70 valence electrons. The summed E-state index contributed by atoms with van der Waals surface area (Å²) in [5.74, 6) is -0.432. The Bertz CT molecular complexity index is 324. The molecule has 4 nitrogen and oxygen atoms in total. The molecule has 0 fully saturated rings. The molecule has 13 heavy (non-hydrogen) atoms.